The van der Waals surface area contributed by atoms with Crippen LogP contribution in [-0.4, -0.2) is 11.8 Å². The van der Waals surface area contributed by atoms with Gasteiger partial charge in [-0.05, 0) is 12.8 Å². The van der Waals surface area contributed by atoms with E-state index >= 15 is 0 Å². The van der Waals surface area contributed by atoms with Crippen LogP contribution in [-0.2, 0) is 0 Å². The Morgan fingerprint density at radius 3 is 2.00 bits per heavy atom. The maximum absolute atomic E-state index is 9.73. The number of nitroso groups, excluding NO2 is 1. The predicted molar refractivity (Wildman–Crippen MR) is 41.7 cm³/mol. The summed E-state index contributed by atoms with van der Waals surface area (Å²) in [5, 5.41) is 5.82. The molecule has 0 aromatic heterocycles. The highest BCUT2D eigenvalue weighted by Crippen LogP contribution is 2.00. The van der Waals surface area contributed by atoms with Gasteiger partial charge in [0.25, 0.3) is 0 Å². The van der Waals surface area contributed by atoms with Crippen molar-refractivity contribution in [1.82, 2.24) is 0 Å². The van der Waals surface area contributed by atoms with Crippen LogP contribution in [0.25, 0.3) is 0 Å². The molecule has 4 heteroatoms. The molecule has 0 aliphatic carbocycles. The van der Waals surface area contributed by atoms with Crippen molar-refractivity contribution in [2.75, 3.05) is 0 Å². The second-order valence-electron chi connectivity index (χ2n) is 2.55. The fourth-order valence-corrected chi connectivity index (χ4v) is 0.779. The van der Waals surface area contributed by atoms with Crippen molar-refractivity contribution in [2.45, 2.75) is 26.8 Å². The van der Waals surface area contributed by atoms with Crippen molar-refractivity contribution < 1.29 is 0 Å². The molecule has 0 fully saturated rings. The predicted octanol–water partition coefficient (Wildman–Crippen LogP) is 1.11. The van der Waals surface area contributed by atoms with E-state index < -0.39 is 0 Å². The SMILES string of the molecule is CC(C)/C(=N/N=O)C(C)N. The third kappa shape index (κ3) is 2.68. The van der Waals surface area contributed by atoms with Gasteiger partial charge in [0.05, 0.1) is 11.0 Å². The van der Waals surface area contributed by atoms with Crippen molar-refractivity contribution in [3.05, 3.63) is 4.91 Å². The molecule has 0 radical (unpaired) electrons. The molecule has 0 heterocycles. The summed E-state index contributed by atoms with van der Waals surface area (Å²) in [6, 6.07) is -0.183. The summed E-state index contributed by atoms with van der Waals surface area (Å²) >= 11 is 0. The van der Waals surface area contributed by atoms with Crippen molar-refractivity contribution in [3.63, 3.8) is 0 Å². The van der Waals surface area contributed by atoms with E-state index in [1.165, 1.54) is 0 Å². The van der Waals surface area contributed by atoms with E-state index in [2.05, 4.69) is 10.4 Å². The van der Waals surface area contributed by atoms with Gasteiger partial charge in [0.2, 0.25) is 0 Å². The van der Waals surface area contributed by atoms with Crippen LogP contribution >= 0.6 is 0 Å². The molecule has 0 aromatic carbocycles. The lowest BCUT2D eigenvalue weighted by Crippen LogP contribution is -2.30. The second-order valence-corrected chi connectivity index (χ2v) is 2.55. The fraction of sp³-hybridized carbons (Fsp3) is 0.833. The van der Waals surface area contributed by atoms with Gasteiger partial charge in [-0.15, -0.1) is 10.0 Å². The number of nitrogens with two attached hydrogens (primary N) is 1. The molecule has 10 heavy (non-hydrogen) atoms. The normalized spacial score (nSPS) is 15.5. The maximum atomic E-state index is 9.73. The first-order chi connectivity index (χ1) is 4.59. The Bertz CT molecular complexity index is 130. The lowest BCUT2D eigenvalue weighted by molar-refractivity contribution is 0.799. The van der Waals surface area contributed by atoms with Gasteiger partial charge in [-0.2, -0.15) is 0 Å². The summed E-state index contributed by atoms with van der Waals surface area (Å²) in [5.74, 6) is 0.192. The van der Waals surface area contributed by atoms with Crippen LogP contribution in [0.4, 0.5) is 0 Å². The quantitative estimate of drug-likeness (QED) is 0.365. The minimum absolute atomic E-state index is 0.183. The molecule has 0 aliphatic rings. The number of hydrogen-bond acceptors (Lipinski definition) is 3. The van der Waals surface area contributed by atoms with Gasteiger partial charge in [0, 0.05) is 6.04 Å². The second kappa shape index (κ2) is 4.11. The van der Waals surface area contributed by atoms with Gasteiger partial charge in [-0.3, -0.25) is 0 Å². The topological polar surface area (TPSA) is 67.8 Å². The van der Waals surface area contributed by atoms with E-state index in [0.717, 1.165) is 0 Å². The summed E-state index contributed by atoms with van der Waals surface area (Å²) in [4.78, 5) is 9.73. The monoisotopic (exact) mass is 143 g/mol. The molecule has 0 saturated heterocycles. The van der Waals surface area contributed by atoms with Gasteiger partial charge >= 0.3 is 0 Å². The Labute approximate surface area is 60.5 Å². The first kappa shape index (κ1) is 9.23. The van der Waals surface area contributed by atoms with Crippen LogP contribution in [0.15, 0.2) is 10.4 Å². The lowest BCUT2D eigenvalue weighted by Gasteiger charge is -2.10. The van der Waals surface area contributed by atoms with Gasteiger partial charge in [0.1, 0.15) is 0 Å². The van der Waals surface area contributed by atoms with Crippen LogP contribution in [0.5, 0.6) is 0 Å². The van der Waals surface area contributed by atoms with E-state index in [0.29, 0.717) is 5.71 Å². The van der Waals surface area contributed by atoms with E-state index in [-0.39, 0.29) is 12.0 Å². The van der Waals surface area contributed by atoms with Crippen molar-refractivity contribution in [1.29, 1.82) is 0 Å². The van der Waals surface area contributed by atoms with E-state index in [1.54, 1.807) is 6.92 Å². The lowest BCUT2D eigenvalue weighted by atomic mass is 10.0. The van der Waals surface area contributed by atoms with Gasteiger partial charge < -0.3 is 5.73 Å². The Balaban J connectivity index is 4.26. The van der Waals surface area contributed by atoms with Crippen LogP contribution in [0, 0.1) is 10.8 Å². The summed E-state index contributed by atoms with van der Waals surface area (Å²) < 4.78 is 0. The van der Waals surface area contributed by atoms with E-state index in [1.807, 2.05) is 13.8 Å². The van der Waals surface area contributed by atoms with Crippen LogP contribution < -0.4 is 5.73 Å². The minimum Gasteiger partial charge on any atom is -0.323 e. The molecule has 0 rings (SSSR count). The molecule has 1 unspecified atom stereocenters. The molecule has 0 aliphatic heterocycles. The van der Waals surface area contributed by atoms with Crippen LogP contribution in [0.2, 0.25) is 0 Å². The molecule has 4 nitrogen and oxygen atoms in total. The molecular weight excluding hydrogens is 130 g/mol. The standard InChI is InChI=1S/C6H13N3O/c1-4(2)6(5(3)7)8-9-10/h4-5H,7H2,1-3H3/b8-6-. The third-order valence-electron chi connectivity index (χ3n) is 1.21. The molecule has 0 bridgehead atoms. The van der Waals surface area contributed by atoms with Gasteiger partial charge in [0.15, 0.2) is 0 Å². The average molecular weight is 143 g/mol. The molecule has 0 amide bonds. The smallest absolute Gasteiger partial charge is 0.0797 e. The number of hydrogen-bond donors (Lipinski definition) is 1. The van der Waals surface area contributed by atoms with Crippen molar-refractivity contribution in [3.8, 4) is 0 Å². The highest BCUT2D eigenvalue weighted by Gasteiger charge is 2.09. The zero-order chi connectivity index (χ0) is 8.15. The van der Waals surface area contributed by atoms with Crippen LogP contribution in [0.3, 0.4) is 0 Å². The summed E-state index contributed by atoms with van der Waals surface area (Å²) in [7, 11) is 0. The van der Waals surface area contributed by atoms with Crippen LogP contribution in [0.1, 0.15) is 20.8 Å². The highest BCUT2D eigenvalue weighted by atomic mass is 16.3. The maximum Gasteiger partial charge on any atom is 0.0797 e. The third-order valence-corrected chi connectivity index (χ3v) is 1.21. The molecule has 58 valence electrons. The number of nitrogens with zero attached hydrogens (tertiary/aromatic N) is 2. The molecule has 0 aromatic rings. The van der Waals surface area contributed by atoms with Gasteiger partial charge in [-0.25, -0.2) is 0 Å². The van der Waals surface area contributed by atoms with Gasteiger partial charge in [-0.1, -0.05) is 13.8 Å². The Hall–Kier alpha value is -0.770. The number of rotatable bonds is 3. The first-order valence-electron chi connectivity index (χ1n) is 3.25. The summed E-state index contributed by atoms with van der Waals surface area (Å²) in [6.45, 7) is 5.63. The molecular formula is C6H13N3O. The molecule has 0 spiro atoms. The summed E-state index contributed by atoms with van der Waals surface area (Å²) in [5.41, 5.74) is 6.14. The summed E-state index contributed by atoms with van der Waals surface area (Å²) in [6.07, 6.45) is 0. The largest absolute Gasteiger partial charge is 0.323 e. The minimum atomic E-state index is -0.183. The Kier molecular flexibility index (Phi) is 3.79. The zero-order valence-corrected chi connectivity index (χ0v) is 6.53. The molecule has 0 saturated carbocycles. The fourth-order valence-electron chi connectivity index (χ4n) is 0.779. The van der Waals surface area contributed by atoms with E-state index in [9.17, 15) is 4.91 Å². The highest BCUT2D eigenvalue weighted by molar-refractivity contribution is 5.90. The van der Waals surface area contributed by atoms with E-state index in [4.69, 9.17) is 5.73 Å². The Morgan fingerprint density at radius 1 is 1.40 bits per heavy atom. The average Bonchev–Trinajstić information content (AvgIpc) is 1.81. The zero-order valence-electron chi connectivity index (χ0n) is 6.53. The van der Waals surface area contributed by atoms with Crippen molar-refractivity contribution in [2.24, 2.45) is 22.0 Å². The molecule has 2 N–H and O–H groups in total. The molecule has 1 atom stereocenters. The Morgan fingerprint density at radius 2 is 1.90 bits per heavy atom. The first-order valence-corrected chi connectivity index (χ1v) is 3.25. The van der Waals surface area contributed by atoms with Crippen molar-refractivity contribution >= 4 is 5.71 Å².